The molecule has 1 aromatic carbocycles. The van der Waals surface area contributed by atoms with E-state index < -0.39 is 12.1 Å². The number of hydrogen-bond donors (Lipinski definition) is 1. The highest BCUT2D eigenvalue weighted by Crippen LogP contribution is 2.31. The number of isocyanates is 1. The van der Waals surface area contributed by atoms with Crippen LogP contribution < -0.4 is 4.90 Å². The largest absolute Gasteiger partial charge is 0.465 e. The summed E-state index contributed by atoms with van der Waals surface area (Å²) < 4.78 is 4.76. The summed E-state index contributed by atoms with van der Waals surface area (Å²) in [7, 11) is 0. The van der Waals surface area contributed by atoms with Crippen molar-refractivity contribution in [1.82, 2.24) is 0 Å². The summed E-state index contributed by atoms with van der Waals surface area (Å²) in [6, 6.07) is 4.83. The molecule has 0 fully saturated rings. The highest BCUT2D eigenvalue weighted by molar-refractivity contribution is 5.92. The Morgan fingerprint density at radius 3 is 2.81 bits per heavy atom. The number of benzene rings is 1. The molecule has 0 aliphatic heterocycles. The zero-order valence-electron chi connectivity index (χ0n) is 11.4. The van der Waals surface area contributed by atoms with Crippen LogP contribution in [0.3, 0.4) is 0 Å². The van der Waals surface area contributed by atoms with Crippen LogP contribution in [0.25, 0.3) is 0 Å². The second kappa shape index (κ2) is 7.62. The van der Waals surface area contributed by atoms with E-state index >= 15 is 0 Å². The van der Waals surface area contributed by atoms with E-state index in [0.29, 0.717) is 5.56 Å². The summed E-state index contributed by atoms with van der Waals surface area (Å²) >= 11 is 0. The van der Waals surface area contributed by atoms with Gasteiger partial charge in [0.15, 0.2) is 0 Å². The third-order valence-electron chi connectivity index (χ3n) is 2.61. The van der Waals surface area contributed by atoms with Gasteiger partial charge in [-0.2, -0.15) is 4.99 Å². The van der Waals surface area contributed by atoms with Crippen molar-refractivity contribution < 1.29 is 24.2 Å². The van der Waals surface area contributed by atoms with Crippen molar-refractivity contribution >= 4 is 29.5 Å². The first kappa shape index (κ1) is 16.1. The number of anilines is 1. The summed E-state index contributed by atoms with van der Waals surface area (Å²) in [6.07, 6.45) is 1.12. The molecular formula is C14H14N2O5. The molecule has 0 saturated heterocycles. The molecule has 0 radical (unpaired) electrons. The van der Waals surface area contributed by atoms with E-state index in [9.17, 15) is 19.5 Å². The molecule has 1 N–H and O–H groups in total. The number of esters is 1. The number of rotatable bonds is 6. The van der Waals surface area contributed by atoms with Crippen LogP contribution in [0.1, 0.15) is 5.56 Å². The van der Waals surface area contributed by atoms with Gasteiger partial charge < -0.3 is 9.84 Å². The Bertz CT molecular complexity index is 605. The van der Waals surface area contributed by atoms with Gasteiger partial charge in [0.05, 0.1) is 12.2 Å². The maximum atomic E-state index is 11.4. The predicted molar refractivity (Wildman–Crippen MR) is 75.5 cm³/mol. The lowest BCUT2D eigenvalue weighted by molar-refractivity contribution is -0.137. The van der Waals surface area contributed by atoms with Gasteiger partial charge in [0.25, 0.3) is 0 Å². The summed E-state index contributed by atoms with van der Waals surface area (Å²) in [6.45, 7) is 4.69. The van der Waals surface area contributed by atoms with Crippen LogP contribution >= 0.6 is 0 Å². The lowest BCUT2D eigenvalue weighted by Crippen LogP contribution is -2.33. The number of para-hydroxylation sites is 1. The van der Waals surface area contributed by atoms with E-state index in [1.54, 1.807) is 19.1 Å². The minimum absolute atomic E-state index is 0.0961. The maximum Gasteiger partial charge on any atom is 0.412 e. The van der Waals surface area contributed by atoms with Crippen LogP contribution in [0.5, 0.6) is 0 Å². The summed E-state index contributed by atoms with van der Waals surface area (Å²) in [4.78, 5) is 37.2. The first-order valence-electron chi connectivity index (χ1n) is 5.98. The average Bonchev–Trinajstić information content (AvgIpc) is 2.44. The van der Waals surface area contributed by atoms with Crippen molar-refractivity contribution in [3.63, 3.8) is 0 Å². The first-order valence-corrected chi connectivity index (χ1v) is 5.98. The molecule has 0 aliphatic rings. The van der Waals surface area contributed by atoms with Gasteiger partial charge in [-0.1, -0.05) is 18.7 Å². The van der Waals surface area contributed by atoms with Gasteiger partial charge in [-0.15, -0.1) is 0 Å². The number of aryl methyl sites for hydroxylation is 1. The van der Waals surface area contributed by atoms with Gasteiger partial charge in [0.2, 0.25) is 6.08 Å². The zero-order valence-corrected chi connectivity index (χ0v) is 11.4. The van der Waals surface area contributed by atoms with E-state index in [0.717, 1.165) is 11.0 Å². The predicted octanol–water partition coefficient (Wildman–Crippen LogP) is 2.18. The molecule has 110 valence electrons. The van der Waals surface area contributed by atoms with Crippen LogP contribution in [-0.4, -0.2) is 36.4 Å². The molecule has 21 heavy (non-hydrogen) atoms. The minimum Gasteiger partial charge on any atom is -0.465 e. The number of carbonyl (C=O) groups is 2. The molecule has 0 heterocycles. The minimum atomic E-state index is -1.25. The van der Waals surface area contributed by atoms with Gasteiger partial charge in [-0.25, -0.2) is 14.4 Å². The highest BCUT2D eigenvalue weighted by Gasteiger charge is 2.20. The molecule has 1 amide bonds. The van der Waals surface area contributed by atoms with Crippen LogP contribution in [0, 0.1) is 6.92 Å². The van der Waals surface area contributed by atoms with Gasteiger partial charge in [0, 0.05) is 6.08 Å². The lowest BCUT2D eigenvalue weighted by atomic mass is 10.1. The second-order valence-electron chi connectivity index (χ2n) is 3.95. The number of amides is 1. The van der Waals surface area contributed by atoms with Crippen LogP contribution in [-0.2, 0) is 14.3 Å². The number of ether oxygens (including phenoxy) is 1. The van der Waals surface area contributed by atoms with Gasteiger partial charge in [0.1, 0.15) is 12.3 Å². The smallest absolute Gasteiger partial charge is 0.412 e. The van der Waals surface area contributed by atoms with Gasteiger partial charge in [-0.3, -0.25) is 4.90 Å². The van der Waals surface area contributed by atoms with E-state index in [4.69, 9.17) is 4.74 Å². The molecule has 7 nitrogen and oxygen atoms in total. The summed E-state index contributed by atoms with van der Waals surface area (Å²) in [5.41, 5.74) is 1.05. The number of carboxylic acid groups (broad SMARTS) is 1. The zero-order chi connectivity index (χ0) is 15.8. The molecule has 0 bridgehead atoms. The standard InChI is InChI=1S/C14H14N2O5/c1-3-12(18)21-8-7-16(14(19)20)13-10(2)5-4-6-11(13)15-9-17/h3-6H,1,7-8H2,2H3,(H,19,20). The molecule has 0 aromatic heterocycles. The third-order valence-corrected chi connectivity index (χ3v) is 2.61. The monoisotopic (exact) mass is 290 g/mol. The molecule has 0 unspecified atom stereocenters. The fourth-order valence-corrected chi connectivity index (χ4v) is 1.73. The molecule has 1 rings (SSSR count). The molecular weight excluding hydrogens is 276 g/mol. The van der Waals surface area contributed by atoms with Crippen LogP contribution in [0.4, 0.5) is 16.2 Å². The van der Waals surface area contributed by atoms with Crippen molar-refractivity contribution in [1.29, 1.82) is 0 Å². The van der Waals surface area contributed by atoms with Crippen molar-refractivity contribution in [2.45, 2.75) is 6.92 Å². The average molecular weight is 290 g/mol. The first-order chi connectivity index (χ1) is 10.0. The Hall–Kier alpha value is -2.92. The lowest BCUT2D eigenvalue weighted by Gasteiger charge is -2.22. The third kappa shape index (κ3) is 4.29. The molecule has 0 spiro atoms. The van der Waals surface area contributed by atoms with Crippen molar-refractivity contribution in [3.05, 3.63) is 36.4 Å². The topological polar surface area (TPSA) is 96.3 Å². The number of aliphatic imine (C=N–C) groups is 1. The number of hydrogen-bond acceptors (Lipinski definition) is 5. The van der Waals surface area contributed by atoms with E-state index in [1.165, 1.54) is 12.1 Å². The highest BCUT2D eigenvalue weighted by atomic mass is 16.5. The van der Waals surface area contributed by atoms with Crippen LogP contribution in [0.2, 0.25) is 0 Å². The Morgan fingerprint density at radius 2 is 2.24 bits per heavy atom. The van der Waals surface area contributed by atoms with Crippen LogP contribution in [0.15, 0.2) is 35.8 Å². The quantitative estimate of drug-likeness (QED) is 0.375. The van der Waals surface area contributed by atoms with Crippen molar-refractivity contribution in [2.24, 2.45) is 4.99 Å². The maximum absolute atomic E-state index is 11.4. The van der Waals surface area contributed by atoms with Gasteiger partial charge in [-0.05, 0) is 18.6 Å². The molecule has 0 atom stereocenters. The Labute approximate surface area is 121 Å². The number of carbonyl (C=O) groups excluding carboxylic acids is 2. The summed E-state index contributed by atoms with van der Waals surface area (Å²) in [5, 5.41) is 9.29. The normalized spacial score (nSPS) is 9.38. The summed E-state index contributed by atoms with van der Waals surface area (Å²) in [5.74, 6) is -0.642. The molecule has 7 heteroatoms. The Kier molecular flexibility index (Phi) is 5.85. The molecule has 0 saturated carbocycles. The van der Waals surface area contributed by atoms with E-state index in [-0.39, 0.29) is 24.5 Å². The second-order valence-corrected chi connectivity index (χ2v) is 3.95. The fraction of sp³-hybridized carbons (Fsp3) is 0.214. The fourth-order valence-electron chi connectivity index (χ4n) is 1.73. The van der Waals surface area contributed by atoms with Crippen molar-refractivity contribution in [2.75, 3.05) is 18.1 Å². The van der Waals surface area contributed by atoms with Gasteiger partial charge >= 0.3 is 12.1 Å². The SMILES string of the molecule is C=CC(=O)OCCN(C(=O)O)c1c(C)cccc1N=C=O. The van der Waals surface area contributed by atoms with E-state index in [2.05, 4.69) is 11.6 Å². The molecule has 1 aromatic rings. The number of nitrogens with zero attached hydrogens (tertiary/aromatic N) is 2. The van der Waals surface area contributed by atoms with E-state index in [1.807, 2.05) is 0 Å². The Balaban J connectivity index is 3.06. The van der Waals surface area contributed by atoms with Crippen molar-refractivity contribution in [3.8, 4) is 0 Å². The Morgan fingerprint density at radius 1 is 1.52 bits per heavy atom. The molecule has 0 aliphatic carbocycles.